The van der Waals surface area contributed by atoms with E-state index in [1.165, 1.54) is 45.2 Å². The number of quaternary nitrogens is 2. The molecule has 112 valence electrons. The number of piperidine rings is 1. The summed E-state index contributed by atoms with van der Waals surface area (Å²) >= 11 is 0. The summed E-state index contributed by atoms with van der Waals surface area (Å²) in [5.41, 5.74) is 0. The molecule has 0 unspecified atom stereocenters. The highest BCUT2D eigenvalue weighted by molar-refractivity contribution is 7.88. The van der Waals surface area contributed by atoms with Crippen LogP contribution < -0.4 is 9.80 Å². The van der Waals surface area contributed by atoms with E-state index in [9.17, 15) is 8.42 Å². The lowest BCUT2D eigenvalue weighted by atomic mass is 10.0. The minimum atomic E-state index is -2.98. The van der Waals surface area contributed by atoms with Crippen LogP contribution in [0, 0.1) is 0 Å². The molecule has 2 N–H and O–H groups in total. The van der Waals surface area contributed by atoms with Gasteiger partial charge in [-0.2, -0.15) is 4.31 Å². The van der Waals surface area contributed by atoms with Crippen molar-refractivity contribution in [2.45, 2.75) is 32.2 Å². The molecule has 0 atom stereocenters. The predicted octanol–water partition coefficient (Wildman–Crippen LogP) is -2.40. The Morgan fingerprint density at radius 3 is 2.16 bits per heavy atom. The summed E-state index contributed by atoms with van der Waals surface area (Å²) in [6.45, 7) is 9.56. The fourth-order valence-electron chi connectivity index (χ4n) is 3.55. The third kappa shape index (κ3) is 4.15. The molecule has 0 bridgehead atoms. The fourth-order valence-corrected chi connectivity index (χ4v) is 4.40. The van der Waals surface area contributed by atoms with Crippen LogP contribution >= 0.6 is 0 Å². The van der Waals surface area contributed by atoms with Crippen LogP contribution in [-0.4, -0.2) is 70.8 Å². The van der Waals surface area contributed by atoms with Gasteiger partial charge in [0.25, 0.3) is 0 Å². The van der Waals surface area contributed by atoms with E-state index in [1.54, 1.807) is 14.1 Å². The van der Waals surface area contributed by atoms with Crippen LogP contribution in [0.25, 0.3) is 0 Å². The fraction of sp³-hybridized carbons (Fsp3) is 1.00. The first-order valence-corrected chi connectivity index (χ1v) is 9.48. The van der Waals surface area contributed by atoms with Crippen LogP contribution in [0.1, 0.15) is 26.2 Å². The number of piperazine rings is 1. The lowest BCUT2D eigenvalue weighted by Crippen LogP contribution is -3.22. The van der Waals surface area contributed by atoms with E-state index >= 15 is 0 Å². The molecule has 5 nitrogen and oxygen atoms in total. The molecule has 0 amide bonds. The minimum Gasteiger partial charge on any atom is -0.335 e. The summed E-state index contributed by atoms with van der Waals surface area (Å²) in [4.78, 5) is 3.39. The largest absolute Gasteiger partial charge is 0.335 e. The smallest absolute Gasteiger partial charge is 0.211 e. The van der Waals surface area contributed by atoms with Crippen molar-refractivity contribution in [2.24, 2.45) is 0 Å². The van der Waals surface area contributed by atoms with Gasteiger partial charge < -0.3 is 9.80 Å². The molecule has 0 aromatic carbocycles. The molecule has 0 spiro atoms. The quantitative estimate of drug-likeness (QED) is 0.607. The minimum absolute atomic E-state index is 0.705. The summed E-state index contributed by atoms with van der Waals surface area (Å²) in [7, 11) is -2.98. The first kappa shape index (κ1) is 15.2. The Kier molecular flexibility index (Phi) is 5.22. The summed E-state index contributed by atoms with van der Waals surface area (Å²) in [6.07, 6.45) is 5.22. The van der Waals surface area contributed by atoms with Crippen molar-refractivity contribution in [1.82, 2.24) is 4.31 Å². The molecule has 0 aliphatic carbocycles. The van der Waals surface area contributed by atoms with Gasteiger partial charge in [0.1, 0.15) is 0 Å². The highest BCUT2D eigenvalue weighted by atomic mass is 32.2. The second-order valence-electron chi connectivity index (χ2n) is 6.09. The van der Waals surface area contributed by atoms with Crippen molar-refractivity contribution in [2.75, 3.05) is 52.1 Å². The standard InChI is InChI=1S/C13H27N3O2S/c1-3-6-14-7-4-13(5-8-14)15-9-11-16(12-10-15)19(2,17)18/h13H,3-12H2,1-2H3/p+2. The average Bonchev–Trinajstić information content (AvgIpc) is 2.39. The van der Waals surface area contributed by atoms with E-state index < -0.39 is 10.0 Å². The third-order valence-electron chi connectivity index (χ3n) is 4.71. The highest BCUT2D eigenvalue weighted by Gasteiger charge is 2.33. The zero-order valence-electron chi connectivity index (χ0n) is 12.3. The molecule has 2 aliphatic rings. The molecular formula is C13H29N3O2S+2. The van der Waals surface area contributed by atoms with Crippen molar-refractivity contribution in [1.29, 1.82) is 0 Å². The Bertz CT molecular complexity index is 369. The Balaban J connectivity index is 1.77. The van der Waals surface area contributed by atoms with Gasteiger partial charge in [-0.25, -0.2) is 8.42 Å². The highest BCUT2D eigenvalue weighted by Crippen LogP contribution is 2.01. The first-order valence-electron chi connectivity index (χ1n) is 7.64. The maximum Gasteiger partial charge on any atom is 0.211 e. The van der Waals surface area contributed by atoms with Gasteiger partial charge in [0.05, 0.1) is 58.1 Å². The Labute approximate surface area is 117 Å². The zero-order valence-corrected chi connectivity index (χ0v) is 13.1. The normalized spacial score (nSPS) is 31.5. The summed E-state index contributed by atoms with van der Waals surface area (Å²) in [5, 5.41) is 0. The van der Waals surface area contributed by atoms with Crippen molar-refractivity contribution >= 4 is 10.0 Å². The van der Waals surface area contributed by atoms with Gasteiger partial charge >= 0.3 is 0 Å². The van der Waals surface area contributed by atoms with Gasteiger partial charge in [0, 0.05) is 12.8 Å². The number of hydrogen-bond acceptors (Lipinski definition) is 2. The number of hydrogen-bond donors (Lipinski definition) is 2. The van der Waals surface area contributed by atoms with E-state index in [4.69, 9.17) is 0 Å². The average molecular weight is 291 g/mol. The zero-order chi connectivity index (χ0) is 13.9. The third-order valence-corrected chi connectivity index (χ3v) is 6.01. The molecule has 2 saturated heterocycles. The molecular weight excluding hydrogens is 262 g/mol. The Hall–Kier alpha value is -0.170. The van der Waals surface area contributed by atoms with E-state index in [0.717, 1.165) is 19.1 Å². The van der Waals surface area contributed by atoms with Crippen LogP contribution in [0.5, 0.6) is 0 Å². The predicted molar refractivity (Wildman–Crippen MR) is 76.0 cm³/mol. The van der Waals surface area contributed by atoms with Crippen LogP contribution in [0.4, 0.5) is 0 Å². The maximum atomic E-state index is 11.5. The second-order valence-corrected chi connectivity index (χ2v) is 8.08. The molecule has 0 radical (unpaired) electrons. The second kappa shape index (κ2) is 6.52. The molecule has 2 aliphatic heterocycles. The number of likely N-dealkylation sites (tertiary alicyclic amines) is 1. The van der Waals surface area contributed by atoms with E-state index in [-0.39, 0.29) is 0 Å². The van der Waals surface area contributed by atoms with E-state index in [0.29, 0.717) is 13.1 Å². The van der Waals surface area contributed by atoms with Crippen molar-refractivity contribution in [3.8, 4) is 0 Å². The van der Waals surface area contributed by atoms with Crippen LogP contribution in [0.15, 0.2) is 0 Å². The summed E-state index contributed by atoms with van der Waals surface area (Å²) in [6, 6.07) is 0.766. The molecule has 19 heavy (non-hydrogen) atoms. The lowest BCUT2D eigenvalue weighted by molar-refractivity contribution is -0.959. The van der Waals surface area contributed by atoms with Crippen molar-refractivity contribution in [3.05, 3.63) is 0 Å². The molecule has 2 heterocycles. The molecule has 0 aromatic heterocycles. The molecule has 2 fully saturated rings. The SMILES string of the molecule is CCC[NH+]1CCC([NH+]2CCN(S(C)(=O)=O)CC2)CC1. The Morgan fingerprint density at radius 2 is 1.68 bits per heavy atom. The first-order chi connectivity index (χ1) is 9.00. The molecule has 2 rings (SSSR count). The van der Waals surface area contributed by atoms with Gasteiger partial charge in [-0.1, -0.05) is 6.92 Å². The molecule has 0 saturated carbocycles. The molecule has 0 aromatic rings. The van der Waals surface area contributed by atoms with Gasteiger partial charge in [-0.05, 0) is 6.42 Å². The topological polar surface area (TPSA) is 46.3 Å². The summed E-state index contributed by atoms with van der Waals surface area (Å²) < 4.78 is 24.6. The Morgan fingerprint density at radius 1 is 1.11 bits per heavy atom. The van der Waals surface area contributed by atoms with E-state index in [1.807, 2.05) is 0 Å². The lowest BCUT2D eigenvalue weighted by Gasteiger charge is -2.38. The van der Waals surface area contributed by atoms with Gasteiger partial charge in [-0.3, -0.25) is 0 Å². The van der Waals surface area contributed by atoms with E-state index in [2.05, 4.69) is 6.92 Å². The number of nitrogens with zero attached hydrogens (tertiary/aromatic N) is 1. The summed E-state index contributed by atoms with van der Waals surface area (Å²) in [5.74, 6) is 0. The van der Waals surface area contributed by atoms with Crippen LogP contribution in [0.2, 0.25) is 0 Å². The van der Waals surface area contributed by atoms with Gasteiger partial charge in [-0.15, -0.1) is 0 Å². The van der Waals surface area contributed by atoms with Crippen LogP contribution in [-0.2, 0) is 10.0 Å². The number of nitrogens with one attached hydrogen (secondary N) is 2. The molecule has 6 heteroatoms. The number of rotatable bonds is 4. The monoisotopic (exact) mass is 291 g/mol. The van der Waals surface area contributed by atoms with Gasteiger partial charge in [0.2, 0.25) is 10.0 Å². The maximum absolute atomic E-state index is 11.5. The number of sulfonamides is 1. The van der Waals surface area contributed by atoms with Gasteiger partial charge in [0.15, 0.2) is 0 Å². The van der Waals surface area contributed by atoms with Crippen LogP contribution in [0.3, 0.4) is 0 Å². The van der Waals surface area contributed by atoms with Crippen molar-refractivity contribution in [3.63, 3.8) is 0 Å². The van der Waals surface area contributed by atoms with Crippen molar-refractivity contribution < 1.29 is 18.2 Å².